The molecule has 2 nitrogen and oxygen atoms in total. The molecule has 1 heterocycles. The summed E-state index contributed by atoms with van der Waals surface area (Å²) in [6, 6.07) is 10.6. The van der Waals surface area contributed by atoms with Crippen LogP contribution in [-0.4, -0.2) is 13.2 Å². The van der Waals surface area contributed by atoms with Gasteiger partial charge in [-0.05, 0) is 30.7 Å². The Bertz CT molecular complexity index is 280. The molecule has 1 saturated heterocycles. The zero-order valence-corrected chi connectivity index (χ0v) is 9.06. The first-order chi connectivity index (χ1) is 7.36. The first-order valence-corrected chi connectivity index (χ1v) is 5.74. The largest absolute Gasteiger partial charge is 0.381 e. The van der Waals surface area contributed by atoms with Crippen molar-refractivity contribution in [1.29, 1.82) is 0 Å². The molecule has 1 atom stereocenters. The molecule has 0 aliphatic carbocycles. The van der Waals surface area contributed by atoms with Crippen LogP contribution in [0.25, 0.3) is 0 Å². The number of rotatable bonds is 3. The highest BCUT2D eigenvalue weighted by Crippen LogP contribution is 2.25. The molecule has 1 aliphatic heterocycles. The molecule has 0 bridgehead atoms. The first kappa shape index (κ1) is 10.7. The van der Waals surface area contributed by atoms with E-state index in [2.05, 4.69) is 24.3 Å². The van der Waals surface area contributed by atoms with Crippen LogP contribution >= 0.6 is 0 Å². The van der Waals surface area contributed by atoms with E-state index >= 15 is 0 Å². The van der Waals surface area contributed by atoms with Crippen molar-refractivity contribution in [2.24, 2.45) is 11.7 Å². The minimum absolute atomic E-state index is 0.189. The molecule has 1 fully saturated rings. The molecule has 1 aromatic rings. The molecule has 2 rings (SSSR count). The van der Waals surface area contributed by atoms with Crippen LogP contribution in [0.15, 0.2) is 30.3 Å². The average molecular weight is 205 g/mol. The molecular formula is C13H19NO. The van der Waals surface area contributed by atoms with Crippen LogP contribution in [0.4, 0.5) is 0 Å². The van der Waals surface area contributed by atoms with Crippen LogP contribution in [0, 0.1) is 5.92 Å². The summed E-state index contributed by atoms with van der Waals surface area (Å²) in [7, 11) is 0. The normalized spacial score (nSPS) is 20.1. The van der Waals surface area contributed by atoms with Crippen LogP contribution in [0.3, 0.4) is 0 Å². The third-order valence-corrected chi connectivity index (χ3v) is 3.16. The fourth-order valence-corrected chi connectivity index (χ4v) is 2.18. The summed E-state index contributed by atoms with van der Waals surface area (Å²) in [6.45, 7) is 1.82. The van der Waals surface area contributed by atoms with Crippen LogP contribution in [0.1, 0.15) is 30.9 Å². The lowest BCUT2D eigenvalue weighted by Gasteiger charge is -2.24. The van der Waals surface area contributed by atoms with E-state index in [0.717, 1.165) is 25.6 Å². The van der Waals surface area contributed by atoms with E-state index < -0.39 is 0 Å². The van der Waals surface area contributed by atoms with Gasteiger partial charge in [-0.2, -0.15) is 0 Å². The maximum Gasteiger partial charge on any atom is 0.0468 e. The van der Waals surface area contributed by atoms with Gasteiger partial charge in [0.2, 0.25) is 0 Å². The van der Waals surface area contributed by atoms with Crippen molar-refractivity contribution < 1.29 is 4.74 Å². The maximum atomic E-state index is 6.19. The fraction of sp³-hybridized carbons (Fsp3) is 0.538. The minimum Gasteiger partial charge on any atom is -0.381 e. The molecule has 0 radical (unpaired) electrons. The highest BCUT2D eigenvalue weighted by Gasteiger charge is 2.17. The van der Waals surface area contributed by atoms with Crippen LogP contribution < -0.4 is 5.73 Å². The second-order valence-electron chi connectivity index (χ2n) is 4.31. The minimum atomic E-state index is 0.189. The number of hydrogen-bond donors (Lipinski definition) is 1. The molecule has 0 aromatic heterocycles. The van der Waals surface area contributed by atoms with Crippen molar-refractivity contribution >= 4 is 0 Å². The monoisotopic (exact) mass is 205 g/mol. The Balaban J connectivity index is 1.88. The van der Waals surface area contributed by atoms with Gasteiger partial charge in [0.25, 0.3) is 0 Å². The number of nitrogens with two attached hydrogens (primary N) is 1. The van der Waals surface area contributed by atoms with Crippen molar-refractivity contribution in [2.75, 3.05) is 13.2 Å². The van der Waals surface area contributed by atoms with E-state index in [1.807, 2.05) is 6.07 Å². The summed E-state index contributed by atoms with van der Waals surface area (Å²) < 4.78 is 5.35. The van der Waals surface area contributed by atoms with Gasteiger partial charge in [0.1, 0.15) is 0 Å². The lowest BCUT2D eigenvalue weighted by molar-refractivity contribution is 0.0618. The van der Waals surface area contributed by atoms with Crippen molar-refractivity contribution in [3.8, 4) is 0 Å². The van der Waals surface area contributed by atoms with Gasteiger partial charge in [0.15, 0.2) is 0 Å². The highest BCUT2D eigenvalue weighted by molar-refractivity contribution is 5.18. The summed E-state index contributed by atoms with van der Waals surface area (Å²) in [5.41, 5.74) is 7.44. The smallest absolute Gasteiger partial charge is 0.0468 e. The number of benzene rings is 1. The quantitative estimate of drug-likeness (QED) is 0.823. The molecule has 0 spiro atoms. The Hall–Kier alpha value is -0.860. The van der Waals surface area contributed by atoms with Crippen molar-refractivity contribution in [2.45, 2.75) is 25.3 Å². The molecule has 1 aromatic carbocycles. The van der Waals surface area contributed by atoms with Crippen molar-refractivity contribution in [1.82, 2.24) is 0 Å². The third-order valence-electron chi connectivity index (χ3n) is 3.16. The highest BCUT2D eigenvalue weighted by atomic mass is 16.5. The Morgan fingerprint density at radius 1 is 1.20 bits per heavy atom. The Kier molecular flexibility index (Phi) is 3.75. The van der Waals surface area contributed by atoms with E-state index in [-0.39, 0.29) is 6.04 Å². The molecule has 0 amide bonds. The standard InChI is InChI=1S/C13H19NO/c14-13(12-4-2-1-3-5-12)10-11-6-8-15-9-7-11/h1-5,11,13H,6-10,14H2/t13-/m1/s1. The molecule has 0 saturated carbocycles. The molecule has 2 N–H and O–H groups in total. The third kappa shape index (κ3) is 3.05. The topological polar surface area (TPSA) is 35.2 Å². The van der Waals surface area contributed by atoms with Gasteiger partial charge in [0.05, 0.1) is 0 Å². The van der Waals surface area contributed by atoms with E-state index in [4.69, 9.17) is 10.5 Å². The zero-order chi connectivity index (χ0) is 10.5. The Morgan fingerprint density at radius 3 is 2.53 bits per heavy atom. The second kappa shape index (κ2) is 5.29. The van der Waals surface area contributed by atoms with Crippen LogP contribution in [0.5, 0.6) is 0 Å². The van der Waals surface area contributed by atoms with Gasteiger partial charge >= 0.3 is 0 Å². The molecule has 2 heteroatoms. The summed E-state index contributed by atoms with van der Waals surface area (Å²) in [5, 5.41) is 0. The first-order valence-electron chi connectivity index (χ1n) is 5.74. The molecule has 0 unspecified atom stereocenters. The summed E-state index contributed by atoms with van der Waals surface area (Å²) in [6.07, 6.45) is 3.43. The molecule has 82 valence electrons. The van der Waals surface area contributed by atoms with Crippen LogP contribution in [0.2, 0.25) is 0 Å². The molecule has 1 aliphatic rings. The number of ether oxygens (including phenoxy) is 1. The van der Waals surface area contributed by atoms with E-state index in [1.165, 1.54) is 18.4 Å². The van der Waals surface area contributed by atoms with E-state index in [0.29, 0.717) is 0 Å². The van der Waals surface area contributed by atoms with Crippen LogP contribution in [-0.2, 0) is 4.74 Å². The fourth-order valence-electron chi connectivity index (χ4n) is 2.18. The lowest BCUT2D eigenvalue weighted by Crippen LogP contribution is -2.21. The van der Waals surface area contributed by atoms with Gasteiger partial charge in [-0.25, -0.2) is 0 Å². The van der Waals surface area contributed by atoms with E-state index in [9.17, 15) is 0 Å². The molecular weight excluding hydrogens is 186 g/mol. The maximum absolute atomic E-state index is 6.19. The van der Waals surface area contributed by atoms with Crippen molar-refractivity contribution in [3.05, 3.63) is 35.9 Å². The zero-order valence-electron chi connectivity index (χ0n) is 9.06. The Labute approximate surface area is 91.4 Å². The Morgan fingerprint density at radius 2 is 1.87 bits per heavy atom. The van der Waals surface area contributed by atoms with Gasteiger partial charge in [-0.1, -0.05) is 30.3 Å². The predicted octanol–water partition coefficient (Wildman–Crippen LogP) is 2.50. The van der Waals surface area contributed by atoms with Crippen molar-refractivity contribution in [3.63, 3.8) is 0 Å². The summed E-state index contributed by atoms with van der Waals surface area (Å²) in [4.78, 5) is 0. The average Bonchev–Trinajstić information content (AvgIpc) is 2.31. The van der Waals surface area contributed by atoms with Gasteiger partial charge < -0.3 is 10.5 Å². The molecule has 15 heavy (non-hydrogen) atoms. The SMILES string of the molecule is N[C@H](CC1CCOCC1)c1ccccc1. The van der Waals surface area contributed by atoms with E-state index in [1.54, 1.807) is 0 Å². The summed E-state index contributed by atoms with van der Waals surface area (Å²) in [5.74, 6) is 0.744. The second-order valence-corrected chi connectivity index (χ2v) is 4.31. The van der Waals surface area contributed by atoms with Gasteiger partial charge in [-0.15, -0.1) is 0 Å². The van der Waals surface area contributed by atoms with Gasteiger partial charge in [0, 0.05) is 19.3 Å². The lowest BCUT2D eigenvalue weighted by atomic mass is 9.90. The summed E-state index contributed by atoms with van der Waals surface area (Å²) >= 11 is 0. The number of hydrogen-bond acceptors (Lipinski definition) is 2. The van der Waals surface area contributed by atoms with Gasteiger partial charge in [-0.3, -0.25) is 0 Å². The predicted molar refractivity (Wildman–Crippen MR) is 61.5 cm³/mol.